The normalized spacial score (nSPS) is 12.1. The van der Waals surface area contributed by atoms with Gasteiger partial charge in [-0.3, -0.25) is 0 Å². The zero-order chi connectivity index (χ0) is 38.3. The Morgan fingerprint density at radius 2 is 0.966 bits per heavy atom. The van der Waals surface area contributed by atoms with E-state index in [0.717, 1.165) is 72.1 Å². The Hall–Kier alpha value is -8.07. The molecule has 0 radical (unpaired) electrons. The van der Waals surface area contributed by atoms with Gasteiger partial charge >= 0.3 is 0 Å². The van der Waals surface area contributed by atoms with Crippen molar-refractivity contribution in [2.24, 2.45) is 0 Å². The van der Waals surface area contributed by atoms with Crippen molar-refractivity contribution in [1.82, 2.24) is 19.5 Å². The second-order valence-electron chi connectivity index (χ2n) is 14.9. The molecule has 58 heavy (non-hydrogen) atoms. The Bertz CT molecular complexity index is 3530. The highest BCUT2D eigenvalue weighted by Crippen LogP contribution is 2.49. The molecule has 0 aliphatic heterocycles. The number of aromatic nitrogens is 4. The highest BCUT2D eigenvalue weighted by atomic mass is 15.0. The lowest BCUT2D eigenvalue weighted by molar-refractivity contribution is 1.08. The fourth-order valence-electron chi connectivity index (χ4n) is 9.01. The predicted molar refractivity (Wildman–Crippen MR) is 240 cm³/mol. The van der Waals surface area contributed by atoms with Crippen LogP contribution in [-0.2, 0) is 0 Å². The van der Waals surface area contributed by atoms with Gasteiger partial charge in [-0.05, 0) is 104 Å². The first-order valence-corrected chi connectivity index (χ1v) is 19.4. The molecule has 0 bridgehead atoms. The molecule has 2 aromatic heterocycles. The van der Waals surface area contributed by atoms with Crippen LogP contribution in [0.1, 0.15) is 11.1 Å². The van der Waals surface area contributed by atoms with Crippen molar-refractivity contribution < 1.29 is 0 Å². The van der Waals surface area contributed by atoms with Crippen LogP contribution in [0.5, 0.6) is 0 Å². The number of nitrogens with zero attached hydrogens (tertiary/aromatic N) is 4. The maximum atomic E-state index is 6.51. The summed E-state index contributed by atoms with van der Waals surface area (Å²) < 4.78 is 2.41. The molecule has 1 aliphatic rings. The first-order valence-electron chi connectivity index (χ1n) is 19.4. The van der Waals surface area contributed by atoms with E-state index in [4.69, 9.17) is 20.7 Å². The van der Waals surface area contributed by atoms with E-state index < -0.39 is 0 Å². The second kappa shape index (κ2) is 12.5. The molecule has 0 unspecified atom stereocenters. The highest BCUT2D eigenvalue weighted by Gasteiger charge is 2.25. The molecular weight excluding hydrogens is 707 g/mol. The SMILES string of the molecule is Nc1cccc(-n2c3cccc4c5cc6c(cc5c5ccc(-c7ccc(-c8nc(-c9ccccc9)nc(-c9ccccc9)n8)c8ccccc78)c2c5c43)C=C=C=C6)c1. The fourth-order valence-corrected chi connectivity index (χ4v) is 9.01. The van der Waals surface area contributed by atoms with E-state index in [-0.39, 0.29) is 0 Å². The molecule has 5 heteroatoms. The minimum Gasteiger partial charge on any atom is -0.399 e. The Balaban J connectivity index is 1.16. The molecule has 12 rings (SSSR count). The van der Waals surface area contributed by atoms with E-state index in [0.29, 0.717) is 17.5 Å². The quantitative estimate of drug-likeness (QED) is 0.108. The number of fused-ring (bicyclic) bond motifs is 5. The number of rotatable bonds is 5. The maximum absolute atomic E-state index is 6.51. The Morgan fingerprint density at radius 3 is 1.64 bits per heavy atom. The molecule has 268 valence electrons. The van der Waals surface area contributed by atoms with Crippen LogP contribution < -0.4 is 5.73 Å². The van der Waals surface area contributed by atoms with Crippen molar-refractivity contribution in [2.75, 3.05) is 5.73 Å². The highest BCUT2D eigenvalue weighted by molar-refractivity contribution is 6.36. The summed E-state index contributed by atoms with van der Waals surface area (Å²) in [5, 5.41) is 9.51. The van der Waals surface area contributed by atoms with Gasteiger partial charge < -0.3 is 10.3 Å². The molecule has 0 fully saturated rings. The van der Waals surface area contributed by atoms with Gasteiger partial charge in [0.05, 0.1) is 11.0 Å². The van der Waals surface area contributed by atoms with Crippen LogP contribution in [0.2, 0.25) is 0 Å². The molecule has 9 aromatic carbocycles. The number of anilines is 1. The van der Waals surface area contributed by atoms with E-state index in [1.807, 2.05) is 84.9 Å². The van der Waals surface area contributed by atoms with Crippen LogP contribution in [0.3, 0.4) is 0 Å². The summed E-state index contributed by atoms with van der Waals surface area (Å²) >= 11 is 0. The van der Waals surface area contributed by atoms with E-state index in [1.54, 1.807) is 0 Å². The Labute approximate surface area is 333 Å². The largest absolute Gasteiger partial charge is 0.399 e. The van der Waals surface area contributed by atoms with Gasteiger partial charge in [0.2, 0.25) is 0 Å². The summed E-state index contributed by atoms with van der Waals surface area (Å²) in [5.41, 5.74) is 24.2. The van der Waals surface area contributed by atoms with Gasteiger partial charge in [-0.1, -0.05) is 133 Å². The Kier molecular flexibility index (Phi) is 6.92. The third-order valence-electron chi connectivity index (χ3n) is 11.6. The van der Waals surface area contributed by atoms with Crippen LogP contribution in [0.15, 0.2) is 175 Å². The molecule has 0 atom stereocenters. The van der Waals surface area contributed by atoms with Gasteiger partial charge in [-0.25, -0.2) is 15.0 Å². The van der Waals surface area contributed by atoms with Gasteiger partial charge in [0.25, 0.3) is 0 Å². The minimum absolute atomic E-state index is 0.627. The van der Waals surface area contributed by atoms with Gasteiger partial charge in [0, 0.05) is 44.4 Å². The third kappa shape index (κ3) is 4.82. The lowest BCUT2D eigenvalue weighted by atomic mass is 9.88. The van der Waals surface area contributed by atoms with Crippen molar-refractivity contribution in [3.63, 3.8) is 0 Å². The maximum Gasteiger partial charge on any atom is 0.164 e. The summed E-state index contributed by atoms with van der Waals surface area (Å²) in [6.45, 7) is 0. The summed E-state index contributed by atoms with van der Waals surface area (Å²) in [4.78, 5) is 15.2. The molecule has 0 spiro atoms. The second-order valence-corrected chi connectivity index (χ2v) is 14.9. The summed E-state index contributed by atoms with van der Waals surface area (Å²) in [6.07, 6.45) is 4.06. The van der Waals surface area contributed by atoms with Crippen molar-refractivity contribution in [1.29, 1.82) is 0 Å². The lowest BCUT2D eigenvalue weighted by Gasteiger charge is -2.17. The van der Waals surface area contributed by atoms with E-state index in [2.05, 4.69) is 107 Å². The molecule has 0 saturated heterocycles. The van der Waals surface area contributed by atoms with Crippen LogP contribution in [-0.4, -0.2) is 19.5 Å². The van der Waals surface area contributed by atoms with Crippen molar-refractivity contribution in [3.8, 4) is 51.0 Å². The Morgan fingerprint density at radius 1 is 0.414 bits per heavy atom. The van der Waals surface area contributed by atoms with Gasteiger partial charge in [-0.2, -0.15) is 0 Å². The van der Waals surface area contributed by atoms with E-state index >= 15 is 0 Å². The van der Waals surface area contributed by atoms with E-state index in [1.165, 1.54) is 32.3 Å². The van der Waals surface area contributed by atoms with Gasteiger partial charge in [-0.15, -0.1) is 0 Å². The van der Waals surface area contributed by atoms with Crippen molar-refractivity contribution >= 4 is 72.0 Å². The number of hydrogen-bond acceptors (Lipinski definition) is 4. The molecule has 11 aromatic rings. The molecule has 0 saturated carbocycles. The number of hydrogen-bond donors (Lipinski definition) is 1. The van der Waals surface area contributed by atoms with Crippen LogP contribution >= 0.6 is 0 Å². The smallest absolute Gasteiger partial charge is 0.164 e. The average Bonchev–Trinajstić information content (AvgIpc) is 3.64. The molecule has 2 heterocycles. The summed E-state index contributed by atoms with van der Waals surface area (Å²) in [6, 6.07) is 57.4. The number of nitrogens with two attached hydrogens (primary N) is 1. The monoisotopic (exact) mass is 737 g/mol. The molecule has 0 amide bonds. The molecule has 1 aliphatic carbocycles. The van der Waals surface area contributed by atoms with Crippen LogP contribution in [0.4, 0.5) is 5.69 Å². The zero-order valence-corrected chi connectivity index (χ0v) is 31.1. The third-order valence-corrected chi connectivity index (χ3v) is 11.6. The van der Waals surface area contributed by atoms with Gasteiger partial charge in [0.1, 0.15) is 0 Å². The van der Waals surface area contributed by atoms with Crippen LogP contribution in [0.25, 0.3) is 117 Å². The van der Waals surface area contributed by atoms with Crippen molar-refractivity contribution in [2.45, 2.75) is 0 Å². The average molecular weight is 738 g/mol. The summed E-state index contributed by atoms with van der Waals surface area (Å²) in [5.74, 6) is 1.90. The predicted octanol–water partition coefficient (Wildman–Crippen LogP) is 12.9. The molecule has 2 N–H and O–H groups in total. The lowest BCUT2D eigenvalue weighted by Crippen LogP contribution is -2.01. The molecule has 5 nitrogen and oxygen atoms in total. The zero-order valence-electron chi connectivity index (χ0n) is 31.1. The first kappa shape index (κ1) is 32.2. The molecular formula is C53H31N5. The number of benzene rings is 9. The van der Waals surface area contributed by atoms with Crippen molar-refractivity contribution in [3.05, 3.63) is 186 Å². The number of nitrogen functional groups attached to an aromatic ring is 1. The van der Waals surface area contributed by atoms with Gasteiger partial charge in [0.15, 0.2) is 17.5 Å². The topological polar surface area (TPSA) is 69.6 Å². The summed E-state index contributed by atoms with van der Waals surface area (Å²) in [7, 11) is 0. The standard InChI is InChI=1S/C53H31N5/c54-36-19-11-20-37(31-36)58-47-24-12-23-41-45-29-34-17-7-8-18-35(34)30-46(45)42-26-27-43(50(58)49(42)48(41)47)40-25-28-44(39-22-10-9-21-38(39)40)53-56-51(32-13-3-1-4-14-32)55-52(57-53)33-15-5-2-6-16-33/h1-6,9-31H,54H2. The van der Waals surface area contributed by atoms with E-state index in [9.17, 15) is 0 Å². The minimum atomic E-state index is 0.627. The van der Waals surface area contributed by atoms with Crippen LogP contribution in [0, 0.1) is 0 Å². The fraction of sp³-hybridized carbons (Fsp3) is 0. The first-order chi connectivity index (χ1) is 28.7.